The summed E-state index contributed by atoms with van der Waals surface area (Å²) >= 11 is 0. The Kier molecular flexibility index (Phi) is 8.05. The van der Waals surface area contributed by atoms with Gasteiger partial charge in [-0.3, -0.25) is 9.69 Å². The minimum absolute atomic E-state index is 0.0567. The van der Waals surface area contributed by atoms with Crippen molar-refractivity contribution < 1.29 is 9.53 Å². The van der Waals surface area contributed by atoms with Crippen LogP contribution >= 0.6 is 0 Å². The molecular formula is C19H31N3O2. The first-order valence-corrected chi connectivity index (χ1v) is 9.16. The second-order valence-electron chi connectivity index (χ2n) is 6.48. The van der Waals surface area contributed by atoms with Crippen molar-refractivity contribution in [2.75, 3.05) is 32.8 Å². The van der Waals surface area contributed by atoms with Crippen LogP contribution in [-0.4, -0.2) is 49.6 Å². The van der Waals surface area contributed by atoms with Crippen LogP contribution in [0.15, 0.2) is 24.3 Å². The third-order valence-electron chi connectivity index (χ3n) is 4.45. The van der Waals surface area contributed by atoms with Crippen LogP contribution in [0, 0.1) is 0 Å². The van der Waals surface area contributed by atoms with Crippen molar-refractivity contribution in [1.29, 1.82) is 0 Å². The standard InChI is InChI=1S/C19H31N3O2/c1-2-5-18(20)19(23)21-11-10-16-6-8-17(9-7-16)24-15-14-22-12-3-4-13-22/h6-9,18H,2-5,10-15,20H2,1H3,(H,21,23). The minimum Gasteiger partial charge on any atom is -0.492 e. The Labute approximate surface area is 145 Å². The third-order valence-corrected chi connectivity index (χ3v) is 4.45. The summed E-state index contributed by atoms with van der Waals surface area (Å²) in [6.45, 7) is 6.80. The molecule has 0 radical (unpaired) electrons. The number of ether oxygens (including phenoxy) is 1. The second kappa shape index (κ2) is 10.3. The van der Waals surface area contributed by atoms with E-state index in [1.165, 1.54) is 31.5 Å². The van der Waals surface area contributed by atoms with E-state index in [0.717, 1.165) is 38.2 Å². The molecule has 1 aliphatic heterocycles. The lowest BCUT2D eigenvalue weighted by Crippen LogP contribution is -2.41. The van der Waals surface area contributed by atoms with Gasteiger partial charge in [0.05, 0.1) is 6.04 Å². The fraction of sp³-hybridized carbons (Fsp3) is 0.632. The molecule has 0 aliphatic carbocycles. The summed E-state index contributed by atoms with van der Waals surface area (Å²) in [6, 6.07) is 7.74. The van der Waals surface area contributed by atoms with Crippen molar-refractivity contribution in [2.24, 2.45) is 5.73 Å². The predicted molar refractivity (Wildman–Crippen MR) is 97.2 cm³/mol. The van der Waals surface area contributed by atoms with Gasteiger partial charge in [-0.05, 0) is 56.5 Å². The molecule has 1 heterocycles. The van der Waals surface area contributed by atoms with Crippen molar-refractivity contribution in [3.63, 3.8) is 0 Å². The molecule has 3 N–H and O–H groups in total. The summed E-state index contributed by atoms with van der Waals surface area (Å²) in [5, 5.41) is 2.90. The van der Waals surface area contributed by atoms with Gasteiger partial charge < -0.3 is 15.8 Å². The fourth-order valence-corrected chi connectivity index (χ4v) is 2.95. The molecule has 1 amide bonds. The van der Waals surface area contributed by atoms with E-state index >= 15 is 0 Å². The molecule has 1 fully saturated rings. The van der Waals surface area contributed by atoms with Gasteiger partial charge in [0.15, 0.2) is 0 Å². The number of amides is 1. The second-order valence-corrected chi connectivity index (χ2v) is 6.48. The van der Waals surface area contributed by atoms with Gasteiger partial charge in [-0.1, -0.05) is 25.5 Å². The number of rotatable bonds is 10. The molecule has 0 aromatic heterocycles. The third kappa shape index (κ3) is 6.49. The summed E-state index contributed by atoms with van der Waals surface area (Å²) in [5.74, 6) is 0.852. The van der Waals surface area contributed by atoms with Crippen molar-refractivity contribution in [2.45, 2.75) is 45.1 Å². The highest BCUT2D eigenvalue weighted by Crippen LogP contribution is 2.13. The smallest absolute Gasteiger partial charge is 0.236 e. The molecule has 134 valence electrons. The van der Waals surface area contributed by atoms with Crippen LogP contribution in [0.25, 0.3) is 0 Å². The molecule has 5 nitrogen and oxygen atoms in total. The minimum atomic E-state index is -0.388. The van der Waals surface area contributed by atoms with Crippen molar-refractivity contribution in [1.82, 2.24) is 10.2 Å². The molecule has 0 spiro atoms. The zero-order valence-electron chi connectivity index (χ0n) is 14.8. The zero-order valence-corrected chi connectivity index (χ0v) is 14.8. The molecule has 1 unspecified atom stereocenters. The average Bonchev–Trinajstić information content (AvgIpc) is 3.10. The number of carbonyl (C=O) groups is 1. The Morgan fingerprint density at radius 3 is 2.67 bits per heavy atom. The summed E-state index contributed by atoms with van der Waals surface area (Å²) in [6.07, 6.45) is 5.09. The van der Waals surface area contributed by atoms with E-state index in [4.69, 9.17) is 10.5 Å². The maximum Gasteiger partial charge on any atom is 0.236 e. The van der Waals surface area contributed by atoms with Crippen molar-refractivity contribution >= 4 is 5.91 Å². The summed E-state index contributed by atoms with van der Waals surface area (Å²) < 4.78 is 5.80. The van der Waals surface area contributed by atoms with Crippen LogP contribution in [0.5, 0.6) is 5.75 Å². The highest BCUT2D eigenvalue weighted by molar-refractivity contribution is 5.81. The highest BCUT2D eigenvalue weighted by atomic mass is 16.5. The molecule has 0 saturated carbocycles. The topological polar surface area (TPSA) is 67.6 Å². The lowest BCUT2D eigenvalue weighted by molar-refractivity contribution is -0.122. The lowest BCUT2D eigenvalue weighted by Gasteiger charge is -2.15. The van der Waals surface area contributed by atoms with Gasteiger partial charge in [0, 0.05) is 13.1 Å². The van der Waals surface area contributed by atoms with Gasteiger partial charge >= 0.3 is 0 Å². The van der Waals surface area contributed by atoms with E-state index < -0.39 is 0 Å². The molecule has 24 heavy (non-hydrogen) atoms. The molecule has 2 rings (SSSR count). The van der Waals surface area contributed by atoms with Crippen LogP contribution in [0.3, 0.4) is 0 Å². The van der Waals surface area contributed by atoms with Gasteiger partial charge in [0.1, 0.15) is 12.4 Å². The molecule has 0 bridgehead atoms. The van der Waals surface area contributed by atoms with E-state index in [9.17, 15) is 4.79 Å². The first-order chi connectivity index (χ1) is 11.7. The van der Waals surface area contributed by atoms with E-state index in [2.05, 4.69) is 22.3 Å². The molecule has 1 aliphatic rings. The number of nitrogens with one attached hydrogen (secondary N) is 1. The molecule has 1 aromatic rings. The number of likely N-dealkylation sites (tertiary alicyclic amines) is 1. The first kappa shape index (κ1) is 18.7. The number of carbonyl (C=O) groups excluding carboxylic acids is 1. The summed E-state index contributed by atoms with van der Waals surface area (Å²) in [4.78, 5) is 14.2. The van der Waals surface area contributed by atoms with Crippen LogP contribution in [0.1, 0.15) is 38.2 Å². The summed E-state index contributed by atoms with van der Waals surface area (Å²) in [5.41, 5.74) is 6.97. The largest absolute Gasteiger partial charge is 0.492 e. The van der Waals surface area contributed by atoms with E-state index in [1.54, 1.807) is 0 Å². The molecule has 5 heteroatoms. The quantitative estimate of drug-likeness (QED) is 0.687. The Morgan fingerprint density at radius 1 is 1.29 bits per heavy atom. The Hall–Kier alpha value is -1.59. The van der Waals surface area contributed by atoms with E-state index in [1.807, 2.05) is 19.1 Å². The molecule has 1 atom stereocenters. The SMILES string of the molecule is CCCC(N)C(=O)NCCc1ccc(OCCN2CCCC2)cc1. The van der Waals surface area contributed by atoms with Gasteiger partial charge in [-0.2, -0.15) is 0 Å². The maximum absolute atomic E-state index is 11.7. The van der Waals surface area contributed by atoms with Gasteiger partial charge in [-0.15, -0.1) is 0 Å². The van der Waals surface area contributed by atoms with Gasteiger partial charge in [0.2, 0.25) is 5.91 Å². The average molecular weight is 333 g/mol. The first-order valence-electron chi connectivity index (χ1n) is 9.16. The Balaban J connectivity index is 1.63. The molecule has 1 aromatic carbocycles. The van der Waals surface area contributed by atoms with Crippen LogP contribution in [-0.2, 0) is 11.2 Å². The molecule has 1 saturated heterocycles. The molecular weight excluding hydrogens is 302 g/mol. The Bertz CT molecular complexity index is 484. The van der Waals surface area contributed by atoms with Gasteiger partial charge in [0.25, 0.3) is 0 Å². The highest BCUT2D eigenvalue weighted by Gasteiger charge is 2.11. The number of nitrogens with zero attached hydrogens (tertiary/aromatic N) is 1. The number of nitrogens with two attached hydrogens (primary N) is 1. The van der Waals surface area contributed by atoms with E-state index in [-0.39, 0.29) is 11.9 Å². The number of hydrogen-bond donors (Lipinski definition) is 2. The monoisotopic (exact) mass is 333 g/mol. The van der Waals surface area contributed by atoms with E-state index in [0.29, 0.717) is 6.54 Å². The van der Waals surface area contributed by atoms with Gasteiger partial charge in [-0.25, -0.2) is 0 Å². The maximum atomic E-state index is 11.7. The number of benzene rings is 1. The predicted octanol–water partition coefficient (Wildman–Crippen LogP) is 1.95. The van der Waals surface area contributed by atoms with Crippen LogP contribution in [0.4, 0.5) is 0 Å². The fourth-order valence-electron chi connectivity index (χ4n) is 2.95. The number of hydrogen-bond acceptors (Lipinski definition) is 4. The Morgan fingerprint density at radius 2 is 2.00 bits per heavy atom. The summed E-state index contributed by atoms with van der Waals surface area (Å²) in [7, 11) is 0. The normalized spacial score (nSPS) is 16.1. The van der Waals surface area contributed by atoms with Crippen LogP contribution < -0.4 is 15.8 Å². The van der Waals surface area contributed by atoms with Crippen molar-refractivity contribution in [3.8, 4) is 5.75 Å². The van der Waals surface area contributed by atoms with Crippen molar-refractivity contribution in [3.05, 3.63) is 29.8 Å². The lowest BCUT2D eigenvalue weighted by atomic mass is 10.1. The zero-order chi connectivity index (χ0) is 17.2. The van der Waals surface area contributed by atoms with Crippen LogP contribution in [0.2, 0.25) is 0 Å².